The molecule has 1 heterocycles. The van der Waals surface area contributed by atoms with Gasteiger partial charge in [0, 0.05) is 5.38 Å². The third-order valence-electron chi connectivity index (χ3n) is 1.84. The van der Waals surface area contributed by atoms with E-state index < -0.39 is 15.7 Å². The predicted molar refractivity (Wildman–Crippen MR) is 81.4 cm³/mol. The number of carbonyl (C=O) groups excluding carboxylic acids is 1. The van der Waals surface area contributed by atoms with Gasteiger partial charge in [-0.15, -0.1) is 11.3 Å². The Morgan fingerprint density at radius 3 is 2.71 bits per heavy atom. The lowest BCUT2D eigenvalue weighted by Gasteiger charge is -2.08. The second-order valence-electron chi connectivity index (χ2n) is 3.54. The highest BCUT2D eigenvalue weighted by molar-refractivity contribution is 7.14. The van der Waals surface area contributed by atoms with Crippen molar-refractivity contribution in [2.24, 2.45) is 5.16 Å². The fourth-order valence-corrected chi connectivity index (χ4v) is 2.19. The molecule has 1 amide bonds. The van der Waals surface area contributed by atoms with Gasteiger partial charge in [-0.25, -0.2) is 9.78 Å². The van der Waals surface area contributed by atoms with Crippen molar-refractivity contribution in [1.82, 2.24) is 4.98 Å². The molecule has 0 aliphatic carbocycles. The first-order chi connectivity index (χ1) is 9.73. The molecule has 11 heteroatoms. The Hall–Kier alpha value is -1.09. The van der Waals surface area contributed by atoms with Crippen molar-refractivity contribution in [2.45, 2.75) is 17.1 Å². The minimum atomic E-state index is -1.72. The number of alkyl halides is 3. The number of hydrogen-bond donors (Lipinski definition) is 2. The van der Waals surface area contributed by atoms with Gasteiger partial charge in [0.15, 0.2) is 8.92 Å². The second kappa shape index (κ2) is 7.79. The number of amides is 1. The Labute approximate surface area is 138 Å². The number of carbonyl (C=O) groups is 2. The van der Waals surface area contributed by atoms with E-state index in [1.807, 2.05) is 0 Å². The second-order valence-corrected chi connectivity index (χ2v) is 6.92. The minimum Gasteiger partial charge on any atom is -0.476 e. The van der Waals surface area contributed by atoms with Crippen LogP contribution in [0.15, 0.2) is 10.5 Å². The van der Waals surface area contributed by atoms with E-state index in [2.05, 4.69) is 15.5 Å². The van der Waals surface area contributed by atoms with Gasteiger partial charge < -0.3 is 15.3 Å². The Balaban J connectivity index is 2.80. The lowest BCUT2D eigenvalue weighted by molar-refractivity contribution is -0.129. The van der Waals surface area contributed by atoms with Crippen LogP contribution in [0, 0.1) is 0 Å². The summed E-state index contributed by atoms with van der Waals surface area (Å²) in [6, 6.07) is 0. The number of aliphatic carboxylic acids is 1. The molecular formula is C10H10Cl3N3O4S. The molecule has 0 saturated heterocycles. The number of rotatable bonds is 6. The van der Waals surface area contributed by atoms with Gasteiger partial charge in [-0.2, -0.15) is 0 Å². The summed E-state index contributed by atoms with van der Waals surface area (Å²) in [5, 5.41) is 16.4. The van der Waals surface area contributed by atoms with Crippen LogP contribution in [0.2, 0.25) is 0 Å². The summed E-state index contributed by atoms with van der Waals surface area (Å²) in [5.74, 6) is -1.86. The number of anilines is 1. The third kappa shape index (κ3) is 6.47. The zero-order valence-corrected chi connectivity index (χ0v) is 13.7. The van der Waals surface area contributed by atoms with Crippen LogP contribution < -0.4 is 5.32 Å². The number of nitrogens with zero attached hydrogens (tertiary/aromatic N) is 2. The lowest BCUT2D eigenvalue weighted by Crippen LogP contribution is -2.19. The molecule has 0 bridgehead atoms. The molecule has 1 aromatic heterocycles. The van der Waals surface area contributed by atoms with Crippen LogP contribution in [0.3, 0.4) is 0 Å². The molecule has 7 nitrogen and oxygen atoms in total. The molecule has 1 rings (SSSR count). The molecule has 0 aliphatic heterocycles. The van der Waals surface area contributed by atoms with Gasteiger partial charge in [-0.1, -0.05) is 40.0 Å². The molecule has 116 valence electrons. The van der Waals surface area contributed by atoms with E-state index in [0.717, 1.165) is 11.3 Å². The molecule has 1 aromatic rings. The molecule has 0 fully saturated rings. The van der Waals surface area contributed by atoms with Crippen LogP contribution in [0.25, 0.3) is 0 Å². The van der Waals surface area contributed by atoms with Crippen molar-refractivity contribution in [1.29, 1.82) is 0 Å². The molecule has 0 saturated carbocycles. The van der Waals surface area contributed by atoms with Gasteiger partial charge in [0.1, 0.15) is 12.3 Å². The predicted octanol–water partition coefficient (Wildman–Crippen LogP) is 2.67. The monoisotopic (exact) mass is 373 g/mol. The largest absolute Gasteiger partial charge is 0.476 e. The Morgan fingerprint density at radius 1 is 1.52 bits per heavy atom. The molecule has 0 atom stereocenters. The summed E-state index contributed by atoms with van der Waals surface area (Å²) in [5.41, 5.74) is -0.305. The first-order valence-corrected chi connectivity index (χ1v) is 7.50. The highest BCUT2D eigenvalue weighted by atomic mass is 35.6. The molecule has 0 aliphatic rings. The average Bonchev–Trinajstić information content (AvgIpc) is 2.74. The number of aromatic nitrogens is 1. The smallest absolute Gasteiger partial charge is 0.360 e. The normalized spacial score (nSPS) is 12.1. The maximum Gasteiger partial charge on any atom is 0.360 e. The minimum absolute atomic E-state index is 0.0603. The number of oxime groups is 1. The third-order valence-corrected chi connectivity index (χ3v) is 3.00. The summed E-state index contributed by atoms with van der Waals surface area (Å²) in [6.45, 7) is 1.88. The molecule has 2 N–H and O–H groups in total. The Morgan fingerprint density at radius 2 is 2.19 bits per heavy atom. The Kier molecular flexibility index (Phi) is 6.66. The molecule has 0 aromatic carbocycles. The van der Waals surface area contributed by atoms with Crippen LogP contribution in [0.1, 0.15) is 19.0 Å². The summed E-state index contributed by atoms with van der Waals surface area (Å²) >= 11 is 17.5. The first-order valence-electron chi connectivity index (χ1n) is 5.48. The number of carboxylic acids is 1. The van der Waals surface area contributed by atoms with Crippen LogP contribution in [0.4, 0.5) is 5.13 Å². The van der Waals surface area contributed by atoms with Gasteiger partial charge >= 0.3 is 5.97 Å². The van der Waals surface area contributed by atoms with Gasteiger partial charge in [0.25, 0.3) is 0 Å². The molecule has 0 radical (unpaired) electrons. The Bertz CT molecular complexity index is 556. The summed E-state index contributed by atoms with van der Waals surface area (Å²) in [4.78, 5) is 31.2. The van der Waals surface area contributed by atoms with Crippen LogP contribution >= 0.6 is 46.1 Å². The molecule has 0 unspecified atom stereocenters. The summed E-state index contributed by atoms with van der Waals surface area (Å²) < 4.78 is -1.72. The van der Waals surface area contributed by atoms with E-state index in [1.165, 1.54) is 5.38 Å². The van der Waals surface area contributed by atoms with Crippen molar-refractivity contribution < 1.29 is 19.5 Å². The molecule has 21 heavy (non-hydrogen) atoms. The number of thiazole rings is 1. The van der Waals surface area contributed by atoms with Crippen LogP contribution in [-0.2, 0) is 14.4 Å². The van der Waals surface area contributed by atoms with E-state index in [1.54, 1.807) is 6.92 Å². The van der Waals surface area contributed by atoms with Crippen molar-refractivity contribution >= 4 is 68.9 Å². The number of hydrogen-bond acceptors (Lipinski definition) is 6. The van der Waals surface area contributed by atoms with E-state index in [9.17, 15) is 9.59 Å². The van der Waals surface area contributed by atoms with Crippen molar-refractivity contribution in [3.63, 3.8) is 0 Å². The highest BCUT2D eigenvalue weighted by Crippen LogP contribution is 2.30. The first kappa shape index (κ1) is 18.0. The van der Waals surface area contributed by atoms with Crippen LogP contribution in [0.5, 0.6) is 0 Å². The average molecular weight is 375 g/mol. The van der Waals surface area contributed by atoms with Crippen molar-refractivity contribution in [3.05, 3.63) is 11.1 Å². The standard InChI is InChI=1S/C10H10Cl3N3O4S/c1-2-20-16-7(8(18)19)5-4-21-9(14-5)15-6(17)3-10(11,12)13/h4H,2-3H2,1H3,(H,18,19)(H,14,15,17)/b16-7-. The van der Waals surface area contributed by atoms with E-state index in [-0.39, 0.29) is 29.6 Å². The van der Waals surface area contributed by atoms with Crippen molar-refractivity contribution in [2.75, 3.05) is 11.9 Å². The molecular weight excluding hydrogens is 365 g/mol. The van der Waals surface area contributed by atoms with Gasteiger partial charge in [0.2, 0.25) is 11.6 Å². The zero-order valence-electron chi connectivity index (χ0n) is 10.6. The topological polar surface area (TPSA) is 101 Å². The SMILES string of the molecule is CCO/N=C(\C(=O)O)c1csc(NC(=O)CC(Cl)(Cl)Cl)n1. The maximum atomic E-state index is 11.5. The quantitative estimate of drug-likeness (QED) is 0.453. The number of halogens is 3. The molecule has 0 spiro atoms. The zero-order chi connectivity index (χ0) is 16.0. The fourth-order valence-electron chi connectivity index (χ4n) is 1.11. The maximum absolute atomic E-state index is 11.5. The lowest BCUT2D eigenvalue weighted by atomic mass is 10.3. The van der Waals surface area contributed by atoms with Gasteiger partial charge in [-0.05, 0) is 6.92 Å². The fraction of sp³-hybridized carbons (Fsp3) is 0.400. The van der Waals surface area contributed by atoms with E-state index in [4.69, 9.17) is 44.7 Å². The van der Waals surface area contributed by atoms with Crippen LogP contribution in [-0.4, -0.2) is 38.1 Å². The summed E-state index contributed by atoms with van der Waals surface area (Å²) in [6.07, 6.45) is -0.356. The van der Waals surface area contributed by atoms with Gasteiger partial charge in [0.05, 0.1) is 6.42 Å². The van der Waals surface area contributed by atoms with E-state index in [0.29, 0.717) is 0 Å². The van der Waals surface area contributed by atoms with Gasteiger partial charge in [-0.3, -0.25) is 4.79 Å². The highest BCUT2D eigenvalue weighted by Gasteiger charge is 2.25. The number of nitrogens with one attached hydrogen (secondary N) is 1. The number of carboxylic acid groups (broad SMARTS) is 1. The van der Waals surface area contributed by atoms with E-state index >= 15 is 0 Å². The van der Waals surface area contributed by atoms with Crippen molar-refractivity contribution in [3.8, 4) is 0 Å². The summed E-state index contributed by atoms with van der Waals surface area (Å²) in [7, 11) is 0.